The molecular weight excluding hydrogens is 236 g/mol. The van der Waals surface area contributed by atoms with Gasteiger partial charge in [0.1, 0.15) is 0 Å². The number of hydrogen-bond donors (Lipinski definition) is 1. The summed E-state index contributed by atoms with van der Waals surface area (Å²) in [5, 5.41) is 0. The van der Waals surface area contributed by atoms with Gasteiger partial charge in [-0.05, 0) is 30.2 Å². The van der Waals surface area contributed by atoms with Crippen LogP contribution in [0.4, 0.5) is 11.4 Å². The minimum atomic E-state index is -3.23. The lowest BCUT2D eigenvalue weighted by molar-refractivity contribution is 0.557. The van der Waals surface area contributed by atoms with E-state index in [2.05, 4.69) is 0 Å². The normalized spacial score (nSPS) is 18.2. The zero-order valence-electron chi connectivity index (χ0n) is 10.6. The van der Waals surface area contributed by atoms with Crippen LogP contribution in [0.1, 0.15) is 25.0 Å². The van der Waals surface area contributed by atoms with Crippen LogP contribution in [-0.4, -0.2) is 21.2 Å². The van der Waals surface area contributed by atoms with E-state index in [4.69, 9.17) is 5.73 Å². The van der Waals surface area contributed by atoms with Gasteiger partial charge in [-0.15, -0.1) is 0 Å². The first kappa shape index (κ1) is 12.2. The van der Waals surface area contributed by atoms with E-state index in [1.165, 1.54) is 10.6 Å². The predicted molar refractivity (Wildman–Crippen MR) is 70.8 cm³/mol. The molecule has 0 amide bonds. The number of fused-ring (bicyclic) bond motifs is 1. The van der Waals surface area contributed by atoms with Crippen LogP contribution < -0.4 is 10.0 Å². The lowest BCUT2D eigenvalue weighted by atomic mass is 9.86. The van der Waals surface area contributed by atoms with Gasteiger partial charge in [-0.3, -0.25) is 4.31 Å². The molecule has 1 aliphatic heterocycles. The lowest BCUT2D eigenvalue weighted by Crippen LogP contribution is -2.33. The molecule has 4 nitrogen and oxygen atoms in total. The van der Waals surface area contributed by atoms with E-state index in [-0.39, 0.29) is 5.41 Å². The molecule has 0 saturated heterocycles. The van der Waals surface area contributed by atoms with E-state index >= 15 is 0 Å². The summed E-state index contributed by atoms with van der Waals surface area (Å²) < 4.78 is 25.1. The number of aryl methyl sites for hydroxylation is 1. The Morgan fingerprint density at radius 3 is 2.47 bits per heavy atom. The van der Waals surface area contributed by atoms with Crippen LogP contribution in [0, 0.1) is 6.92 Å². The molecular formula is C12H18N2O2S. The third-order valence-corrected chi connectivity index (χ3v) is 4.35. The largest absolute Gasteiger partial charge is 0.399 e. The van der Waals surface area contributed by atoms with Crippen molar-refractivity contribution in [3.8, 4) is 0 Å². The van der Waals surface area contributed by atoms with Gasteiger partial charge in [-0.2, -0.15) is 0 Å². The zero-order valence-corrected chi connectivity index (χ0v) is 11.4. The maximum Gasteiger partial charge on any atom is 0.232 e. The molecule has 17 heavy (non-hydrogen) atoms. The maximum atomic E-state index is 11.8. The maximum absolute atomic E-state index is 11.8. The van der Waals surface area contributed by atoms with Crippen molar-refractivity contribution in [2.45, 2.75) is 26.2 Å². The molecule has 0 fully saturated rings. The number of sulfonamides is 1. The summed E-state index contributed by atoms with van der Waals surface area (Å²) in [7, 11) is -3.23. The molecule has 5 heteroatoms. The summed E-state index contributed by atoms with van der Waals surface area (Å²) in [6, 6.07) is 3.70. The highest BCUT2D eigenvalue weighted by Crippen LogP contribution is 2.44. The van der Waals surface area contributed by atoms with Crippen LogP contribution in [-0.2, 0) is 15.4 Å². The molecule has 1 aromatic rings. The second-order valence-electron chi connectivity index (χ2n) is 5.39. The number of nitrogens with zero attached hydrogens (tertiary/aromatic N) is 1. The van der Waals surface area contributed by atoms with Crippen molar-refractivity contribution in [1.29, 1.82) is 0 Å². The minimum Gasteiger partial charge on any atom is -0.399 e. The Bertz CT molecular complexity index is 576. The van der Waals surface area contributed by atoms with Crippen molar-refractivity contribution >= 4 is 21.4 Å². The van der Waals surface area contributed by atoms with Crippen LogP contribution in [0.2, 0.25) is 0 Å². The first-order valence-corrected chi connectivity index (χ1v) is 7.36. The van der Waals surface area contributed by atoms with Crippen LogP contribution in [0.15, 0.2) is 12.1 Å². The highest BCUT2D eigenvalue weighted by molar-refractivity contribution is 7.92. The van der Waals surface area contributed by atoms with Gasteiger partial charge in [-0.25, -0.2) is 8.42 Å². The van der Waals surface area contributed by atoms with E-state index < -0.39 is 10.0 Å². The van der Waals surface area contributed by atoms with Gasteiger partial charge in [0.2, 0.25) is 10.0 Å². The van der Waals surface area contributed by atoms with Crippen molar-refractivity contribution in [3.05, 3.63) is 23.3 Å². The fourth-order valence-corrected chi connectivity index (χ4v) is 3.59. The van der Waals surface area contributed by atoms with Crippen LogP contribution in [0.25, 0.3) is 0 Å². The lowest BCUT2D eigenvalue weighted by Gasteiger charge is -2.20. The minimum absolute atomic E-state index is 0.196. The molecule has 94 valence electrons. The molecule has 0 aromatic heterocycles. The van der Waals surface area contributed by atoms with Gasteiger partial charge in [0, 0.05) is 17.6 Å². The van der Waals surface area contributed by atoms with Crippen molar-refractivity contribution in [2.24, 2.45) is 0 Å². The number of nitrogens with two attached hydrogens (primary N) is 1. The summed E-state index contributed by atoms with van der Waals surface area (Å²) in [6.45, 7) is 6.45. The summed E-state index contributed by atoms with van der Waals surface area (Å²) in [6.07, 6.45) is 1.24. The molecule has 0 aliphatic carbocycles. The second-order valence-corrected chi connectivity index (χ2v) is 7.29. The van der Waals surface area contributed by atoms with Crippen molar-refractivity contribution in [2.75, 3.05) is 22.8 Å². The van der Waals surface area contributed by atoms with E-state index in [0.717, 1.165) is 16.8 Å². The first-order valence-electron chi connectivity index (χ1n) is 5.51. The molecule has 1 heterocycles. The average Bonchev–Trinajstić information content (AvgIpc) is 2.38. The van der Waals surface area contributed by atoms with E-state index in [1.54, 1.807) is 0 Å². The summed E-state index contributed by atoms with van der Waals surface area (Å²) in [5.74, 6) is 0. The molecule has 0 bridgehead atoms. The smallest absolute Gasteiger partial charge is 0.232 e. The SMILES string of the molecule is Cc1cc(N)cc2c1N(S(C)(=O)=O)CC2(C)C. The number of benzene rings is 1. The Morgan fingerprint density at radius 2 is 1.94 bits per heavy atom. The van der Waals surface area contributed by atoms with E-state index in [1.807, 2.05) is 32.9 Å². The first-order chi connectivity index (χ1) is 7.63. The quantitative estimate of drug-likeness (QED) is 0.775. The summed E-state index contributed by atoms with van der Waals surface area (Å²) >= 11 is 0. The van der Waals surface area contributed by atoms with Crippen LogP contribution in [0.3, 0.4) is 0 Å². The van der Waals surface area contributed by atoms with Crippen LogP contribution in [0.5, 0.6) is 0 Å². The Morgan fingerprint density at radius 1 is 1.35 bits per heavy atom. The Balaban J connectivity index is 2.74. The van der Waals surface area contributed by atoms with Gasteiger partial charge >= 0.3 is 0 Å². The molecule has 1 aliphatic rings. The number of nitrogen functional groups attached to an aromatic ring is 1. The molecule has 0 radical (unpaired) electrons. The molecule has 0 saturated carbocycles. The second kappa shape index (κ2) is 3.38. The van der Waals surface area contributed by atoms with Crippen molar-refractivity contribution in [1.82, 2.24) is 0 Å². The zero-order chi connectivity index (χ0) is 13.0. The summed E-state index contributed by atoms with van der Waals surface area (Å²) in [5.41, 5.74) is 9.05. The monoisotopic (exact) mass is 254 g/mol. The Kier molecular flexibility index (Phi) is 2.43. The highest BCUT2D eigenvalue weighted by atomic mass is 32.2. The Labute approximate surface area is 102 Å². The van der Waals surface area contributed by atoms with Crippen LogP contribution >= 0.6 is 0 Å². The van der Waals surface area contributed by atoms with E-state index in [9.17, 15) is 8.42 Å². The predicted octanol–water partition coefficient (Wildman–Crippen LogP) is 1.63. The van der Waals surface area contributed by atoms with Gasteiger partial charge in [0.25, 0.3) is 0 Å². The average molecular weight is 254 g/mol. The highest BCUT2D eigenvalue weighted by Gasteiger charge is 2.40. The molecule has 0 spiro atoms. The molecule has 2 N–H and O–H groups in total. The van der Waals surface area contributed by atoms with Gasteiger partial charge in [-0.1, -0.05) is 13.8 Å². The fraction of sp³-hybridized carbons (Fsp3) is 0.500. The molecule has 0 unspecified atom stereocenters. The number of anilines is 2. The molecule has 2 rings (SSSR count). The van der Waals surface area contributed by atoms with E-state index in [0.29, 0.717) is 12.2 Å². The third-order valence-electron chi connectivity index (χ3n) is 3.24. The molecule has 1 aromatic carbocycles. The van der Waals surface area contributed by atoms with Gasteiger partial charge in [0.05, 0.1) is 11.9 Å². The topological polar surface area (TPSA) is 63.4 Å². The standard InChI is InChI=1S/C12H18N2O2S/c1-8-5-9(13)6-10-11(8)14(17(4,15)16)7-12(10,2)3/h5-6H,7,13H2,1-4H3. The number of hydrogen-bond acceptors (Lipinski definition) is 3. The number of rotatable bonds is 1. The fourth-order valence-electron chi connectivity index (χ4n) is 2.46. The van der Waals surface area contributed by atoms with Crippen molar-refractivity contribution < 1.29 is 8.42 Å². The third kappa shape index (κ3) is 1.88. The van der Waals surface area contributed by atoms with Gasteiger partial charge in [0.15, 0.2) is 0 Å². The van der Waals surface area contributed by atoms with Crippen molar-refractivity contribution in [3.63, 3.8) is 0 Å². The summed E-state index contributed by atoms with van der Waals surface area (Å²) in [4.78, 5) is 0. The Hall–Kier alpha value is -1.23. The molecule has 0 atom stereocenters. The van der Waals surface area contributed by atoms with Gasteiger partial charge < -0.3 is 5.73 Å².